The highest BCUT2D eigenvalue weighted by atomic mass is 19.4. The molecule has 144 valence electrons. The Morgan fingerprint density at radius 1 is 1.00 bits per heavy atom. The third-order valence-corrected chi connectivity index (χ3v) is 3.82. The average Bonchev–Trinajstić information content (AvgIpc) is 2.60. The number of halogens is 3. The van der Waals surface area contributed by atoms with Gasteiger partial charge in [0.05, 0.1) is 12.1 Å². The first-order valence-electron chi connectivity index (χ1n) is 8.11. The third-order valence-electron chi connectivity index (χ3n) is 3.82. The van der Waals surface area contributed by atoms with Crippen LogP contribution in [0.15, 0.2) is 42.5 Å². The van der Waals surface area contributed by atoms with Crippen LogP contribution in [0.3, 0.4) is 0 Å². The van der Waals surface area contributed by atoms with E-state index < -0.39 is 17.6 Å². The van der Waals surface area contributed by atoms with Gasteiger partial charge in [-0.1, -0.05) is 6.07 Å². The SMILES string of the molecule is Cc1ccc(NCC(=O)Nc2ccc(C(=O)N(C)C)cc2)cc1C(F)(F)F. The molecule has 0 heterocycles. The lowest BCUT2D eigenvalue weighted by Crippen LogP contribution is -2.23. The number of carbonyl (C=O) groups is 2. The van der Waals surface area contributed by atoms with Crippen LogP contribution in [0.4, 0.5) is 24.5 Å². The van der Waals surface area contributed by atoms with Crippen molar-refractivity contribution in [1.29, 1.82) is 0 Å². The predicted octanol–water partition coefficient (Wildman–Crippen LogP) is 3.77. The second kappa shape index (κ2) is 8.11. The highest BCUT2D eigenvalue weighted by Gasteiger charge is 2.32. The van der Waals surface area contributed by atoms with Crippen LogP contribution >= 0.6 is 0 Å². The second-order valence-corrected chi connectivity index (χ2v) is 6.21. The molecule has 5 nitrogen and oxygen atoms in total. The van der Waals surface area contributed by atoms with Crippen molar-refractivity contribution in [2.75, 3.05) is 31.3 Å². The summed E-state index contributed by atoms with van der Waals surface area (Å²) in [6.45, 7) is 1.18. The minimum atomic E-state index is -4.45. The molecule has 2 aromatic carbocycles. The number of anilines is 2. The molecule has 0 aromatic heterocycles. The van der Waals surface area contributed by atoms with Crippen LogP contribution in [0.25, 0.3) is 0 Å². The lowest BCUT2D eigenvalue weighted by molar-refractivity contribution is -0.138. The molecule has 0 saturated carbocycles. The predicted molar refractivity (Wildman–Crippen MR) is 97.8 cm³/mol. The van der Waals surface area contributed by atoms with Gasteiger partial charge in [-0.25, -0.2) is 0 Å². The summed E-state index contributed by atoms with van der Waals surface area (Å²) in [5.74, 6) is -0.579. The van der Waals surface area contributed by atoms with Crippen LogP contribution in [0.2, 0.25) is 0 Å². The number of hydrogen-bond donors (Lipinski definition) is 2. The first-order chi connectivity index (χ1) is 12.6. The van der Waals surface area contributed by atoms with Crippen LogP contribution in [-0.4, -0.2) is 37.4 Å². The first-order valence-corrected chi connectivity index (χ1v) is 8.11. The largest absolute Gasteiger partial charge is 0.416 e. The molecule has 2 rings (SSSR count). The number of hydrogen-bond acceptors (Lipinski definition) is 3. The molecule has 0 aliphatic heterocycles. The van der Waals surface area contributed by atoms with Crippen LogP contribution in [0.5, 0.6) is 0 Å². The molecule has 0 unspecified atom stereocenters. The van der Waals surface area contributed by atoms with Crippen LogP contribution in [0.1, 0.15) is 21.5 Å². The van der Waals surface area contributed by atoms with Crippen LogP contribution < -0.4 is 10.6 Å². The molecule has 2 aromatic rings. The quantitative estimate of drug-likeness (QED) is 0.832. The molecule has 0 atom stereocenters. The van der Waals surface area contributed by atoms with Gasteiger partial charge in [-0.05, 0) is 48.9 Å². The maximum absolute atomic E-state index is 12.9. The van der Waals surface area contributed by atoms with Crippen molar-refractivity contribution in [2.45, 2.75) is 13.1 Å². The monoisotopic (exact) mass is 379 g/mol. The lowest BCUT2D eigenvalue weighted by Gasteiger charge is -2.13. The average molecular weight is 379 g/mol. The Bertz CT molecular complexity index is 831. The molecule has 0 saturated heterocycles. The van der Waals surface area contributed by atoms with E-state index in [1.165, 1.54) is 24.0 Å². The summed E-state index contributed by atoms with van der Waals surface area (Å²) in [6.07, 6.45) is -4.45. The molecule has 2 amide bonds. The molecule has 8 heteroatoms. The summed E-state index contributed by atoms with van der Waals surface area (Å²) in [4.78, 5) is 25.2. The number of carbonyl (C=O) groups excluding carboxylic acids is 2. The Kier molecular flexibility index (Phi) is 6.09. The number of amides is 2. The minimum absolute atomic E-state index is 0.116. The van der Waals surface area contributed by atoms with Crippen molar-refractivity contribution in [3.8, 4) is 0 Å². The van der Waals surface area contributed by atoms with E-state index in [9.17, 15) is 22.8 Å². The Morgan fingerprint density at radius 3 is 2.15 bits per heavy atom. The van der Waals surface area contributed by atoms with E-state index in [-0.39, 0.29) is 23.7 Å². The highest BCUT2D eigenvalue weighted by Crippen LogP contribution is 2.33. The molecule has 0 bridgehead atoms. The van der Waals surface area contributed by atoms with Gasteiger partial charge in [-0.15, -0.1) is 0 Å². The zero-order valence-corrected chi connectivity index (χ0v) is 15.1. The van der Waals surface area contributed by atoms with E-state index in [2.05, 4.69) is 10.6 Å². The normalized spacial score (nSPS) is 11.0. The van der Waals surface area contributed by atoms with Gasteiger partial charge >= 0.3 is 6.18 Å². The second-order valence-electron chi connectivity index (χ2n) is 6.21. The molecule has 0 aliphatic carbocycles. The number of aryl methyl sites for hydroxylation is 1. The molecule has 0 aliphatic rings. The summed E-state index contributed by atoms with van der Waals surface area (Å²) >= 11 is 0. The number of nitrogens with zero attached hydrogens (tertiary/aromatic N) is 1. The minimum Gasteiger partial charge on any atom is -0.376 e. The Hall–Kier alpha value is -3.03. The van der Waals surface area contributed by atoms with E-state index in [0.29, 0.717) is 11.3 Å². The highest BCUT2D eigenvalue weighted by molar-refractivity contribution is 5.96. The van der Waals surface area contributed by atoms with Gasteiger partial charge in [0.15, 0.2) is 0 Å². The van der Waals surface area contributed by atoms with Crippen molar-refractivity contribution in [3.63, 3.8) is 0 Å². The van der Waals surface area contributed by atoms with E-state index in [1.807, 2.05) is 0 Å². The Balaban J connectivity index is 1.96. The van der Waals surface area contributed by atoms with Crippen molar-refractivity contribution < 1.29 is 22.8 Å². The van der Waals surface area contributed by atoms with E-state index >= 15 is 0 Å². The van der Waals surface area contributed by atoms with Gasteiger partial charge in [-0.3, -0.25) is 9.59 Å². The lowest BCUT2D eigenvalue weighted by atomic mass is 10.1. The molecule has 0 spiro atoms. The van der Waals surface area contributed by atoms with E-state index in [1.54, 1.807) is 38.4 Å². The number of nitrogens with one attached hydrogen (secondary N) is 2. The molecule has 0 fully saturated rings. The standard InChI is InChI=1S/C19H20F3N3O2/c1-12-4-7-15(10-16(12)19(20,21)22)23-11-17(26)24-14-8-5-13(6-9-14)18(27)25(2)3/h4-10,23H,11H2,1-3H3,(H,24,26). The van der Waals surface area contributed by atoms with E-state index in [4.69, 9.17) is 0 Å². The van der Waals surface area contributed by atoms with Gasteiger partial charge in [-0.2, -0.15) is 13.2 Å². The van der Waals surface area contributed by atoms with Crippen LogP contribution in [0, 0.1) is 6.92 Å². The molecule has 2 N–H and O–H groups in total. The third kappa shape index (κ3) is 5.47. The van der Waals surface area contributed by atoms with Crippen LogP contribution in [-0.2, 0) is 11.0 Å². The number of rotatable bonds is 5. The summed E-state index contributed by atoms with van der Waals surface area (Å²) in [6, 6.07) is 10.2. The zero-order chi connectivity index (χ0) is 20.2. The van der Waals surface area contributed by atoms with Crippen molar-refractivity contribution in [3.05, 3.63) is 59.2 Å². The molecular formula is C19H20F3N3O2. The fourth-order valence-corrected chi connectivity index (χ4v) is 2.38. The maximum Gasteiger partial charge on any atom is 0.416 e. The first kappa shape index (κ1) is 20.3. The van der Waals surface area contributed by atoms with Crippen molar-refractivity contribution in [1.82, 2.24) is 4.90 Å². The molecular weight excluding hydrogens is 359 g/mol. The van der Waals surface area contributed by atoms with E-state index in [0.717, 1.165) is 6.07 Å². The van der Waals surface area contributed by atoms with Gasteiger partial charge < -0.3 is 15.5 Å². The summed E-state index contributed by atoms with van der Waals surface area (Å²) in [5.41, 5.74) is 0.543. The number of benzene rings is 2. The van der Waals surface area contributed by atoms with Gasteiger partial charge in [0.1, 0.15) is 0 Å². The van der Waals surface area contributed by atoms with Gasteiger partial charge in [0.25, 0.3) is 5.91 Å². The Labute approximate surface area is 155 Å². The van der Waals surface area contributed by atoms with Crippen molar-refractivity contribution >= 4 is 23.2 Å². The summed E-state index contributed by atoms with van der Waals surface area (Å²) in [7, 11) is 3.28. The molecule has 0 radical (unpaired) electrons. The fourth-order valence-electron chi connectivity index (χ4n) is 2.38. The topological polar surface area (TPSA) is 61.4 Å². The maximum atomic E-state index is 12.9. The smallest absolute Gasteiger partial charge is 0.376 e. The molecule has 27 heavy (non-hydrogen) atoms. The zero-order valence-electron chi connectivity index (χ0n) is 15.1. The Morgan fingerprint density at radius 2 is 1.59 bits per heavy atom. The summed E-state index contributed by atoms with van der Waals surface area (Å²) in [5, 5.41) is 5.29. The fraction of sp³-hybridized carbons (Fsp3) is 0.263. The number of alkyl halides is 3. The van der Waals surface area contributed by atoms with Gasteiger partial charge in [0, 0.05) is 31.0 Å². The summed E-state index contributed by atoms with van der Waals surface area (Å²) < 4.78 is 38.8. The van der Waals surface area contributed by atoms with Gasteiger partial charge in [0.2, 0.25) is 5.91 Å². The van der Waals surface area contributed by atoms with Crippen molar-refractivity contribution in [2.24, 2.45) is 0 Å².